The molecule has 0 unspecified atom stereocenters. The predicted octanol–water partition coefficient (Wildman–Crippen LogP) is 2.44. The highest BCUT2D eigenvalue weighted by Crippen LogP contribution is 2.28. The molecule has 1 aromatic rings. The van der Waals surface area contributed by atoms with Gasteiger partial charge in [0.25, 0.3) is 0 Å². The second kappa shape index (κ2) is 6.51. The van der Waals surface area contributed by atoms with E-state index >= 15 is 0 Å². The van der Waals surface area contributed by atoms with Crippen LogP contribution in [0.1, 0.15) is 43.2 Å². The van der Waals surface area contributed by atoms with Crippen LogP contribution < -0.4 is 10.2 Å². The maximum Gasteiger partial charge on any atom is 0.231 e. The van der Waals surface area contributed by atoms with Crippen molar-refractivity contribution < 1.29 is 9.59 Å². The summed E-state index contributed by atoms with van der Waals surface area (Å²) in [5, 5.41) is 3.07. The van der Waals surface area contributed by atoms with Crippen molar-refractivity contribution in [2.75, 3.05) is 18.5 Å². The first-order valence-corrected chi connectivity index (χ1v) is 8.31. The van der Waals surface area contributed by atoms with Crippen LogP contribution in [0.3, 0.4) is 0 Å². The molecular formula is C18H24N2O2. The normalized spacial score (nSPS) is 18.4. The van der Waals surface area contributed by atoms with Gasteiger partial charge in [0.2, 0.25) is 11.8 Å². The van der Waals surface area contributed by atoms with Crippen molar-refractivity contribution in [3.05, 3.63) is 29.3 Å². The Morgan fingerprint density at radius 3 is 2.82 bits per heavy atom. The first-order chi connectivity index (χ1) is 10.6. The fraction of sp³-hybridized carbons (Fsp3) is 0.556. The Balaban J connectivity index is 1.51. The molecule has 0 radical (unpaired) electrons. The van der Waals surface area contributed by atoms with Gasteiger partial charge in [-0.1, -0.05) is 31.4 Å². The largest absolute Gasteiger partial charge is 0.356 e. The summed E-state index contributed by atoms with van der Waals surface area (Å²) in [7, 11) is 1.82. The minimum Gasteiger partial charge on any atom is -0.356 e. The van der Waals surface area contributed by atoms with Gasteiger partial charge in [-0.05, 0) is 36.5 Å². The summed E-state index contributed by atoms with van der Waals surface area (Å²) in [5.41, 5.74) is 3.30. The summed E-state index contributed by atoms with van der Waals surface area (Å²) in [6.45, 7) is 0.678. The zero-order valence-corrected chi connectivity index (χ0v) is 13.2. The molecule has 1 saturated carbocycles. The van der Waals surface area contributed by atoms with E-state index in [-0.39, 0.29) is 17.7 Å². The minimum absolute atomic E-state index is 0.151. The lowest BCUT2D eigenvalue weighted by Gasteiger charge is -2.20. The number of rotatable bonds is 4. The molecule has 3 rings (SSSR count). The van der Waals surface area contributed by atoms with Gasteiger partial charge in [-0.3, -0.25) is 9.59 Å². The quantitative estimate of drug-likeness (QED) is 0.928. The second-order valence-electron chi connectivity index (χ2n) is 6.47. The maximum atomic E-state index is 12.1. The van der Waals surface area contributed by atoms with Crippen LogP contribution in [0.4, 0.5) is 5.69 Å². The summed E-state index contributed by atoms with van der Waals surface area (Å²) in [6, 6.07) is 6.17. The van der Waals surface area contributed by atoms with Crippen molar-refractivity contribution in [1.82, 2.24) is 5.32 Å². The van der Waals surface area contributed by atoms with E-state index < -0.39 is 0 Å². The summed E-state index contributed by atoms with van der Waals surface area (Å²) in [6.07, 6.45) is 7.04. The lowest BCUT2D eigenvalue weighted by molar-refractivity contribution is -0.125. The molecule has 4 nitrogen and oxygen atoms in total. The summed E-state index contributed by atoms with van der Waals surface area (Å²) >= 11 is 0. The Bertz CT molecular complexity index is 576. The van der Waals surface area contributed by atoms with Crippen LogP contribution in [0.5, 0.6) is 0 Å². The minimum atomic E-state index is 0.151. The average molecular weight is 300 g/mol. The molecule has 2 amide bonds. The zero-order valence-electron chi connectivity index (χ0n) is 13.2. The third-order valence-corrected chi connectivity index (χ3v) is 4.91. The number of likely N-dealkylation sites (N-methyl/N-ethyl adjacent to an activating group) is 1. The Morgan fingerprint density at radius 2 is 2.05 bits per heavy atom. The number of carbonyl (C=O) groups excluding carboxylic acids is 2. The van der Waals surface area contributed by atoms with Crippen molar-refractivity contribution in [2.24, 2.45) is 5.92 Å². The molecule has 1 aromatic carbocycles. The Kier molecular flexibility index (Phi) is 4.46. The molecular weight excluding hydrogens is 276 g/mol. The summed E-state index contributed by atoms with van der Waals surface area (Å²) < 4.78 is 0. The molecule has 1 aliphatic carbocycles. The van der Waals surface area contributed by atoms with Crippen molar-refractivity contribution >= 4 is 17.5 Å². The van der Waals surface area contributed by atoms with E-state index in [9.17, 15) is 9.59 Å². The standard InChI is InChI=1S/C18H24N2O2/c1-20-16-8-7-13(11-15(16)12-17(20)21)9-10-19-18(22)14-5-3-2-4-6-14/h7-8,11,14H,2-6,9-10,12H2,1H3,(H,19,22). The molecule has 0 atom stereocenters. The molecule has 0 aromatic heterocycles. The number of anilines is 1. The van der Waals surface area contributed by atoms with E-state index in [0.717, 1.165) is 30.5 Å². The third-order valence-electron chi connectivity index (χ3n) is 4.91. The smallest absolute Gasteiger partial charge is 0.231 e. The highest BCUT2D eigenvalue weighted by molar-refractivity contribution is 6.00. The van der Waals surface area contributed by atoms with Gasteiger partial charge in [0.05, 0.1) is 6.42 Å². The molecule has 1 aliphatic heterocycles. The molecule has 1 heterocycles. The van der Waals surface area contributed by atoms with E-state index in [1.807, 2.05) is 13.1 Å². The van der Waals surface area contributed by atoms with E-state index in [1.165, 1.54) is 24.8 Å². The number of hydrogen-bond donors (Lipinski definition) is 1. The van der Waals surface area contributed by atoms with Gasteiger partial charge in [0, 0.05) is 25.2 Å². The van der Waals surface area contributed by atoms with Crippen molar-refractivity contribution in [2.45, 2.75) is 44.9 Å². The molecule has 1 N–H and O–H groups in total. The molecule has 0 saturated heterocycles. The van der Waals surface area contributed by atoms with Crippen molar-refractivity contribution in [3.8, 4) is 0 Å². The first kappa shape index (κ1) is 15.1. The number of amides is 2. The van der Waals surface area contributed by atoms with Crippen LogP contribution in [0, 0.1) is 5.92 Å². The number of carbonyl (C=O) groups is 2. The third kappa shape index (κ3) is 3.16. The Hall–Kier alpha value is -1.84. The van der Waals surface area contributed by atoms with E-state index in [2.05, 4.69) is 17.4 Å². The zero-order chi connectivity index (χ0) is 15.5. The van der Waals surface area contributed by atoms with Crippen LogP contribution in [0.25, 0.3) is 0 Å². The maximum absolute atomic E-state index is 12.1. The van der Waals surface area contributed by atoms with Crippen LogP contribution in [-0.4, -0.2) is 25.4 Å². The highest BCUT2D eigenvalue weighted by Gasteiger charge is 2.24. The monoisotopic (exact) mass is 300 g/mol. The molecule has 22 heavy (non-hydrogen) atoms. The Labute approximate surface area is 131 Å². The van der Waals surface area contributed by atoms with Crippen LogP contribution in [0.15, 0.2) is 18.2 Å². The highest BCUT2D eigenvalue weighted by atomic mass is 16.2. The van der Waals surface area contributed by atoms with Gasteiger partial charge in [0.15, 0.2) is 0 Å². The fourth-order valence-electron chi connectivity index (χ4n) is 3.52. The van der Waals surface area contributed by atoms with Gasteiger partial charge in [-0.15, -0.1) is 0 Å². The SMILES string of the molecule is CN1C(=O)Cc2cc(CCNC(=O)C3CCCCC3)ccc21. The molecule has 0 bridgehead atoms. The molecule has 118 valence electrons. The second-order valence-corrected chi connectivity index (χ2v) is 6.47. The predicted molar refractivity (Wildman–Crippen MR) is 86.8 cm³/mol. The molecule has 4 heteroatoms. The van der Waals surface area contributed by atoms with Crippen LogP contribution >= 0.6 is 0 Å². The van der Waals surface area contributed by atoms with Gasteiger partial charge >= 0.3 is 0 Å². The Morgan fingerprint density at radius 1 is 1.27 bits per heavy atom. The average Bonchev–Trinajstić information content (AvgIpc) is 2.82. The van der Waals surface area contributed by atoms with Gasteiger partial charge in [-0.25, -0.2) is 0 Å². The topological polar surface area (TPSA) is 49.4 Å². The number of nitrogens with zero attached hydrogens (tertiary/aromatic N) is 1. The van der Waals surface area contributed by atoms with Gasteiger partial charge in [0.1, 0.15) is 0 Å². The van der Waals surface area contributed by atoms with E-state index in [0.29, 0.717) is 13.0 Å². The molecule has 2 aliphatic rings. The lowest BCUT2D eigenvalue weighted by Crippen LogP contribution is -2.33. The van der Waals surface area contributed by atoms with E-state index in [1.54, 1.807) is 4.90 Å². The number of fused-ring (bicyclic) bond motifs is 1. The summed E-state index contributed by atoms with van der Waals surface area (Å²) in [4.78, 5) is 25.5. The fourth-order valence-corrected chi connectivity index (χ4v) is 3.52. The van der Waals surface area contributed by atoms with Gasteiger partial charge in [-0.2, -0.15) is 0 Å². The van der Waals surface area contributed by atoms with Crippen molar-refractivity contribution in [1.29, 1.82) is 0 Å². The lowest BCUT2D eigenvalue weighted by atomic mass is 9.88. The van der Waals surface area contributed by atoms with Gasteiger partial charge < -0.3 is 10.2 Å². The summed E-state index contributed by atoms with van der Waals surface area (Å²) in [5.74, 6) is 0.591. The van der Waals surface area contributed by atoms with Crippen molar-refractivity contribution in [3.63, 3.8) is 0 Å². The number of hydrogen-bond acceptors (Lipinski definition) is 2. The number of benzene rings is 1. The van der Waals surface area contributed by atoms with E-state index in [4.69, 9.17) is 0 Å². The van der Waals surface area contributed by atoms with Crippen LogP contribution in [0.2, 0.25) is 0 Å². The molecule has 0 spiro atoms. The first-order valence-electron chi connectivity index (χ1n) is 8.31. The number of nitrogens with one attached hydrogen (secondary N) is 1. The molecule has 1 fully saturated rings. The van der Waals surface area contributed by atoms with Crippen LogP contribution in [-0.2, 0) is 22.4 Å².